The van der Waals surface area contributed by atoms with Crippen molar-refractivity contribution in [2.45, 2.75) is 0 Å². The van der Waals surface area contributed by atoms with Gasteiger partial charge in [0.25, 0.3) is 5.69 Å². The Kier molecular flexibility index (Phi) is 5.79. The van der Waals surface area contributed by atoms with Crippen LogP contribution < -0.4 is 5.32 Å². The second-order valence-electron chi connectivity index (χ2n) is 4.26. The molecule has 112 valence electrons. The van der Waals surface area contributed by atoms with Crippen LogP contribution in [0.1, 0.15) is 11.1 Å². The Hall–Kier alpha value is -2.48. The molecule has 0 fully saturated rings. The maximum absolute atomic E-state index is 11.1. The van der Waals surface area contributed by atoms with E-state index in [0.29, 0.717) is 11.3 Å². The van der Waals surface area contributed by atoms with Gasteiger partial charge in [0, 0.05) is 38.5 Å². The number of nitrogens with zero attached hydrogens (tertiary/aromatic N) is 3. The van der Waals surface area contributed by atoms with Crippen molar-refractivity contribution in [2.24, 2.45) is 4.99 Å². The van der Waals surface area contributed by atoms with E-state index in [4.69, 9.17) is 17.3 Å². The number of hydrogen-bond acceptors (Lipinski definition) is 5. The van der Waals surface area contributed by atoms with E-state index < -0.39 is 4.92 Å². The molecule has 0 radical (unpaired) electrons. The monoisotopic (exact) mass is 308 g/mol. The maximum atomic E-state index is 11.1. The molecule has 0 aliphatic carbocycles. The van der Waals surface area contributed by atoms with Crippen LogP contribution >= 0.6 is 12.2 Å². The third kappa shape index (κ3) is 3.99. The van der Waals surface area contributed by atoms with Gasteiger partial charge in [0.2, 0.25) is 0 Å². The summed E-state index contributed by atoms with van der Waals surface area (Å²) in [7, 11) is 5.25. The van der Waals surface area contributed by atoms with Gasteiger partial charge < -0.3 is 15.3 Å². The quantitative estimate of drug-likeness (QED) is 0.217. The fraction of sp³-hybridized carbons (Fsp3) is 0.231. The first-order valence-electron chi connectivity index (χ1n) is 5.97. The molecule has 0 aliphatic rings. The van der Waals surface area contributed by atoms with E-state index in [1.807, 2.05) is 0 Å². The summed E-state index contributed by atoms with van der Waals surface area (Å²) < 4.78 is 0. The van der Waals surface area contributed by atoms with E-state index in [-0.39, 0.29) is 16.2 Å². The van der Waals surface area contributed by atoms with E-state index in [1.165, 1.54) is 18.5 Å². The van der Waals surface area contributed by atoms with E-state index in [2.05, 4.69) is 10.3 Å². The number of aliphatic hydroxyl groups is 1. The van der Waals surface area contributed by atoms with Gasteiger partial charge in [-0.25, -0.2) is 4.99 Å². The first-order valence-corrected chi connectivity index (χ1v) is 6.38. The van der Waals surface area contributed by atoms with Crippen LogP contribution in [0.3, 0.4) is 0 Å². The van der Waals surface area contributed by atoms with Crippen LogP contribution in [0, 0.1) is 10.1 Å². The maximum Gasteiger partial charge on any atom is 0.277 e. The molecule has 0 saturated carbocycles. The largest absolute Gasteiger partial charge is 0.516 e. The number of nitro groups is 1. The van der Waals surface area contributed by atoms with Crippen LogP contribution in [0.25, 0.3) is 6.08 Å². The van der Waals surface area contributed by atoms with Gasteiger partial charge in [-0.1, -0.05) is 12.2 Å². The molecule has 0 unspecified atom stereocenters. The van der Waals surface area contributed by atoms with Gasteiger partial charge in [-0.05, 0) is 12.1 Å². The zero-order valence-electron chi connectivity index (χ0n) is 11.9. The molecule has 0 saturated heterocycles. The third-order valence-electron chi connectivity index (χ3n) is 2.55. The summed E-state index contributed by atoms with van der Waals surface area (Å²) in [4.78, 5) is 16.6. The molecule has 1 rings (SSSR count). The Bertz CT molecular complexity index is 612. The smallest absolute Gasteiger partial charge is 0.277 e. The summed E-state index contributed by atoms with van der Waals surface area (Å²) >= 11 is 5.24. The Morgan fingerprint density at radius 2 is 2.19 bits per heavy atom. The molecule has 2 N–H and O–H groups in total. The molecule has 8 heteroatoms. The minimum atomic E-state index is -0.531. The molecule has 0 heterocycles. The summed E-state index contributed by atoms with van der Waals surface area (Å²) in [5.41, 5.74) is 1.03. The molecule has 0 atom stereocenters. The highest BCUT2D eigenvalue weighted by atomic mass is 32.1. The van der Waals surface area contributed by atoms with Crippen LogP contribution in [0.5, 0.6) is 0 Å². The van der Waals surface area contributed by atoms with E-state index in [0.717, 1.165) is 6.26 Å². The first-order chi connectivity index (χ1) is 9.92. The number of nitro benzene ring substituents is 1. The van der Waals surface area contributed by atoms with E-state index in [1.54, 1.807) is 32.1 Å². The van der Waals surface area contributed by atoms with Gasteiger partial charge in [0.1, 0.15) is 4.99 Å². The van der Waals surface area contributed by atoms with Crippen molar-refractivity contribution in [3.05, 3.63) is 39.6 Å². The number of rotatable bonds is 5. The fourth-order valence-electron chi connectivity index (χ4n) is 1.68. The van der Waals surface area contributed by atoms with Gasteiger partial charge in [-0.3, -0.25) is 10.1 Å². The van der Waals surface area contributed by atoms with E-state index in [9.17, 15) is 10.1 Å². The molecule has 0 amide bonds. The second-order valence-corrected chi connectivity index (χ2v) is 4.64. The zero-order valence-corrected chi connectivity index (χ0v) is 12.7. The van der Waals surface area contributed by atoms with Crippen molar-refractivity contribution in [3.8, 4) is 0 Å². The van der Waals surface area contributed by atoms with Crippen molar-refractivity contribution in [2.75, 3.05) is 26.5 Å². The van der Waals surface area contributed by atoms with Gasteiger partial charge >= 0.3 is 0 Å². The zero-order chi connectivity index (χ0) is 16.0. The number of aliphatic imine (C=N–C) groups is 1. The van der Waals surface area contributed by atoms with Crippen LogP contribution in [-0.4, -0.2) is 47.4 Å². The summed E-state index contributed by atoms with van der Waals surface area (Å²) in [5, 5.41) is 23.0. The topological polar surface area (TPSA) is 91.0 Å². The van der Waals surface area contributed by atoms with Crippen LogP contribution in [0.15, 0.2) is 23.4 Å². The minimum absolute atomic E-state index is 0.156. The van der Waals surface area contributed by atoms with Crippen LogP contribution in [0.2, 0.25) is 0 Å². The predicted molar refractivity (Wildman–Crippen MR) is 88.2 cm³/mol. The molecule has 0 aromatic heterocycles. The summed E-state index contributed by atoms with van der Waals surface area (Å²) in [6, 6.07) is 2.91. The lowest BCUT2D eigenvalue weighted by Gasteiger charge is -2.12. The van der Waals surface area contributed by atoms with Crippen LogP contribution in [0.4, 0.5) is 11.4 Å². The molecule has 0 spiro atoms. The molecule has 1 aromatic carbocycles. The van der Waals surface area contributed by atoms with Crippen molar-refractivity contribution < 1.29 is 10.0 Å². The average Bonchev–Trinajstić information content (AvgIpc) is 2.44. The number of benzene rings is 1. The molecule has 21 heavy (non-hydrogen) atoms. The Morgan fingerprint density at radius 1 is 1.52 bits per heavy atom. The van der Waals surface area contributed by atoms with Crippen molar-refractivity contribution in [1.29, 1.82) is 0 Å². The highest BCUT2D eigenvalue weighted by Gasteiger charge is 2.21. The fourth-order valence-corrected chi connectivity index (χ4v) is 1.95. The summed E-state index contributed by atoms with van der Waals surface area (Å²) in [6.07, 6.45) is 3.47. The van der Waals surface area contributed by atoms with Gasteiger partial charge in [0.15, 0.2) is 0 Å². The van der Waals surface area contributed by atoms with Gasteiger partial charge in [-0.2, -0.15) is 0 Å². The molecular formula is C13H16N4O3S. The molecule has 0 aliphatic heterocycles. The third-order valence-corrected chi connectivity index (χ3v) is 2.86. The molecular weight excluding hydrogens is 292 g/mol. The summed E-state index contributed by atoms with van der Waals surface area (Å²) in [6.45, 7) is 0. The van der Waals surface area contributed by atoms with Gasteiger partial charge in [0.05, 0.1) is 23.1 Å². The van der Waals surface area contributed by atoms with Crippen LogP contribution in [-0.2, 0) is 0 Å². The lowest BCUT2D eigenvalue weighted by molar-refractivity contribution is -0.385. The average molecular weight is 308 g/mol. The SMILES string of the molecule is CNc1ccc([N+](=O)[O-])c(/C=C/O)c1C(=S)N=CN(C)C. The Labute approximate surface area is 127 Å². The number of nitrogens with one attached hydrogen (secondary N) is 1. The number of anilines is 1. The first kappa shape index (κ1) is 16.6. The number of hydrogen-bond donors (Lipinski definition) is 2. The van der Waals surface area contributed by atoms with Crippen molar-refractivity contribution in [1.82, 2.24) is 4.90 Å². The number of aliphatic hydroxyl groups excluding tert-OH is 1. The van der Waals surface area contributed by atoms with Gasteiger partial charge in [-0.15, -0.1) is 0 Å². The van der Waals surface area contributed by atoms with Crippen molar-refractivity contribution >= 4 is 41.0 Å². The second kappa shape index (κ2) is 7.34. The summed E-state index contributed by atoms with van der Waals surface area (Å²) in [5.74, 6) is 0. The molecule has 0 bridgehead atoms. The van der Waals surface area contributed by atoms with E-state index >= 15 is 0 Å². The lowest BCUT2D eigenvalue weighted by Crippen LogP contribution is -2.11. The lowest BCUT2D eigenvalue weighted by atomic mass is 10.0. The normalized spacial score (nSPS) is 11.0. The number of thiocarbonyl (C=S) groups is 1. The highest BCUT2D eigenvalue weighted by Crippen LogP contribution is 2.31. The van der Waals surface area contributed by atoms with Crippen molar-refractivity contribution in [3.63, 3.8) is 0 Å². The molecule has 1 aromatic rings. The Balaban J connectivity index is 3.54. The predicted octanol–water partition coefficient (Wildman–Crippen LogP) is 2.43. The molecule has 7 nitrogen and oxygen atoms in total. The highest BCUT2D eigenvalue weighted by molar-refractivity contribution is 7.80. The standard InChI is InChI=1S/C13H16N4O3S/c1-14-10-4-5-11(17(19)20)9(6-7-18)12(10)13(21)15-8-16(2)3/h4-8,14,18H,1-3H3/b7-6+,15-8?. The Morgan fingerprint density at radius 3 is 2.67 bits per heavy atom. The minimum Gasteiger partial charge on any atom is -0.516 e.